The lowest BCUT2D eigenvalue weighted by molar-refractivity contribution is -0.119. The van der Waals surface area contributed by atoms with Crippen LogP contribution in [0.3, 0.4) is 0 Å². The van der Waals surface area contributed by atoms with Gasteiger partial charge in [-0.15, -0.1) is 10.2 Å². The highest BCUT2D eigenvalue weighted by atomic mass is 32.1. The Morgan fingerprint density at radius 1 is 1.03 bits per heavy atom. The lowest BCUT2D eigenvalue weighted by Crippen LogP contribution is -2.45. The van der Waals surface area contributed by atoms with E-state index in [-0.39, 0.29) is 11.9 Å². The van der Waals surface area contributed by atoms with Gasteiger partial charge in [-0.2, -0.15) is 0 Å². The molecule has 2 N–H and O–H groups in total. The second kappa shape index (κ2) is 8.62. The van der Waals surface area contributed by atoms with Crippen LogP contribution in [0, 0.1) is 13.8 Å². The monoisotopic (exact) mass is 421 g/mol. The summed E-state index contributed by atoms with van der Waals surface area (Å²) in [7, 11) is 0. The van der Waals surface area contributed by atoms with Crippen LogP contribution >= 0.6 is 11.3 Å². The first-order chi connectivity index (χ1) is 14.5. The van der Waals surface area contributed by atoms with E-state index in [4.69, 9.17) is 0 Å². The molecule has 1 aliphatic rings. The Labute approximate surface area is 179 Å². The highest BCUT2D eigenvalue weighted by molar-refractivity contribution is 7.18. The van der Waals surface area contributed by atoms with Crippen LogP contribution in [0.1, 0.15) is 24.0 Å². The van der Waals surface area contributed by atoms with Crippen LogP contribution in [0.2, 0.25) is 0 Å². The molecule has 0 unspecified atom stereocenters. The van der Waals surface area contributed by atoms with E-state index >= 15 is 0 Å². The minimum absolute atomic E-state index is 0.238. The number of aromatic nitrogens is 2. The van der Waals surface area contributed by atoms with Crippen LogP contribution in [0.5, 0.6) is 0 Å². The molecule has 0 radical (unpaired) electrons. The van der Waals surface area contributed by atoms with Crippen molar-refractivity contribution < 1.29 is 9.59 Å². The van der Waals surface area contributed by atoms with E-state index in [1.807, 2.05) is 62.4 Å². The number of likely N-dealkylation sites (tertiary alicyclic amines) is 1. The lowest BCUT2D eigenvalue weighted by atomic mass is 10.2. The molecule has 0 bridgehead atoms. The molecule has 1 aliphatic heterocycles. The minimum Gasteiger partial charge on any atom is -0.312 e. The molecule has 8 heteroatoms. The Kier molecular flexibility index (Phi) is 5.76. The van der Waals surface area contributed by atoms with E-state index in [0.29, 0.717) is 18.1 Å². The smallest absolute Gasteiger partial charge is 0.312 e. The third-order valence-electron chi connectivity index (χ3n) is 5.04. The minimum atomic E-state index is -0.526. The number of benzene rings is 2. The van der Waals surface area contributed by atoms with Crippen molar-refractivity contribution in [3.63, 3.8) is 0 Å². The summed E-state index contributed by atoms with van der Waals surface area (Å²) in [6.07, 6.45) is 1.40. The van der Waals surface area contributed by atoms with E-state index < -0.39 is 6.04 Å². The highest BCUT2D eigenvalue weighted by Crippen LogP contribution is 2.27. The molecule has 154 valence electrons. The number of nitrogens with one attached hydrogen (secondary N) is 2. The highest BCUT2D eigenvalue weighted by Gasteiger charge is 2.34. The van der Waals surface area contributed by atoms with Gasteiger partial charge in [-0.1, -0.05) is 53.3 Å². The zero-order valence-electron chi connectivity index (χ0n) is 16.9. The van der Waals surface area contributed by atoms with Crippen LogP contribution in [-0.2, 0) is 4.79 Å². The Morgan fingerprint density at radius 2 is 1.83 bits per heavy atom. The fraction of sp³-hybridized carbons (Fsp3) is 0.273. The number of carbonyl (C=O) groups excluding carboxylic acids is 2. The summed E-state index contributed by atoms with van der Waals surface area (Å²) in [5.41, 5.74) is 3.91. The SMILES string of the molecule is Cc1ccc(-c2nnc(NC(=O)[C@@H]3CCCN3C(=O)Nc3cccc(C)c3)s2)cc1. The molecule has 0 spiro atoms. The summed E-state index contributed by atoms with van der Waals surface area (Å²) < 4.78 is 0. The van der Waals surface area contributed by atoms with E-state index in [9.17, 15) is 9.59 Å². The maximum Gasteiger partial charge on any atom is 0.322 e. The Bertz CT molecular complexity index is 1060. The first kappa shape index (κ1) is 20.0. The Morgan fingerprint density at radius 3 is 2.60 bits per heavy atom. The van der Waals surface area contributed by atoms with Crippen molar-refractivity contribution in [2.75, 3.05) is 17.2 Å². The van der Waals surface area contributed by atoms with E-state index in [0.717, 1.165) is 28.2 Å². The van der Waals surface area contributed by atoms with Crippen molar-refractivity contribution in [3.8, 4) is 10.6 Å². The van der Waals surface area contributed by atoms with Crippen molar-refractivity contribution in [2.24, 2.45) is 0 Å². The fourth-order valence-corrected chi connectivity index (χ4v) is 4.23. The predicted octanol–water partition coefficient (Wildman–Crippen LogP) is 4.46. The molecule has 1 aromatic heterocycles. The van der Waals surface area contributed by atoms with Gasteiger partial charge in [0.25, 0.3) is 0 Å². The average molecular weight is 422 g/mol. The van der Waals surface area contributed by atoms with E-state index in [1.54, 1.807) is 4.90 Å². The van der Waals surface area contributed by atoms with E-state index in [1.165, 1.54) is 16.9 Å². The van der Waals surface area contributed by atoms with Crippen LogP contribution in [0.15, 0.2) is 48.5 Å². The van der Waals surface area contributed by atoms with Crippen molar-refractivity contribution in [3.05, 3.63) is 59.7 Å². The van der Waals surface area contributed by atoms with Crippen molar-refractivity contribution in [1.82, 2.24) is 15.1 Å². The van der Waals surface area contributed by atoms with Gasteiger partial charge in [0.15, 0.2) is 0 Å². The molecule has 0 aliphatic carbocycles. The summed E-state index contributed by atoms with van der Waals surface area (Å²) in [5, 5.41) is 15.2. The lowest BCUT2D eigenvalue weighted by Gasteiger charge is -2.23. The fourth-order valence-electron chi connectivity index (χ4n) is 3.48. The molecule has 4 rings (SSSR count). The van der Waals surface area contributed by atoms with Gasteiger partial charge in [0.05, 0.1) is 0 Å². The number of aryl methyl sites for hydroxylation is 2. The third kappa shape index (κ3) is 4.49. The molecule has 1 atom stereocenters. The molecule has 2 heterocycles. The predicted molar refractivity (Wildman–Crippen MR) is 119 cm³/mol. The summed E-state index contributed by atoms with van der Waals surface area (Å²) in [5.74, 6) is -0.238. The molecule has 0 saturated carbocycles. The summed E-state index contributed by atoms with van der Waals surface area (Å²) >= 11 is 1.32. The molecule has 1 saturated heterocycles. The summed E-state index contributed by atoms with van der Waals surface area (Å²) in [6.45, 7) is 4.53. The van der Waals surface area contributed by atoms with Gasteiger partial charge in [0.2, 0.25) is 11.0 Å². The number of carbonyl (C=O) groups is 2. The van der Waals surface area contributed by atoms with Gasteiger partial charge in [-0.25, -0.2) is 4.79 Å². The van der Waals surface area contributed by atoms with Crippen LogP contribution in [0.25, 0.3) is 10.6 Å². The van der Waals surface area contributed by atoms with Gasteiger partial charge in [0, 0.05) is 17.8 Å². The van der Waals surface area contributed by atoms with Gasteiger partial charge in [-0.05, 0) is 44.4 Å². The second-order valence-corrected chi connectivity index (χ2v) is 8.40. The molecule has 30 heavy (non-hydrogen) atoms. The molecular formula is C22H23N5O2S. The largest absolute Gasteiger partial charge is 0.322 e. The first-order valence-corrected chi connectivity index (χ1v) is 10.7. The number of nitrogens with zero attached hydrogens (tertiary/aromatic N) is 3. The summed E-state index contributed by atoms with van der Waals surface area (Å²) in [4.78, 5) is 27.1. The van der Waals surface area contributed by atoms with Crippen LogP contribution in [-0.4, -0.2) is 39.6 Å². The zero-order valence-corrected chi connectivity index (χ0v) is 17.7. The Hall–Kier alpha value is -3.26. The number of hydrogen-bond acceptors (Lipinski definition) is 5. The van der Waals surface area contributed by atoms with Crippen molar-refractivity contribution >= 4 is 34.1 Å². The van der Waals surface area contributed by atoms with Crippen LogP contribution in [0.4, 0.5) is 15.6 Å². The number of amides is 3. The van der Waals surface area contributed by atoms with E-state index in [2.05, 4.69) is 20.8 Å². The maximum atomic E-state index is 12.8. The molecule has 7 nitrogen and oxygen atoms in total. The standard InChI is InChI=1S/C22H23N5O2S/c1-14-8-10-16(11-9-14)20-25-26-21(30-20)24-19(28)18-7-4-12-27(18)22(29)23-17-6-3-5-15(2)13-17/h3,5-6,8-11,13,18H,4,7,12H2,1-2H3,(H,23,29)(H,24,26,28)/t18-/m0/s1. The number of urea groups is 1. The average Bonchev–Trinajstić information content (AvgIpc) is 3.38. The summed E-state index contributed by atoms with van der Waals surface area (Å²) in [6, 6.07) is 14.8. The molecule has 2 aromatic carbocycles. The van der Waals surface area contributed by atoms with Crippen LogP contribution < -0.4 is 10.6 Å². The normalized spacial score (nSPS) is 15.8. The molecule has 1 fully saturated rings. The van der Waals surface area contributed by atoms with Gasteiger partial charge in [0.1, 0.15) is 11.0 Å². The number of anilines is 2. The molecule has 3 amide bonds. The van der Waals surface area contributed by atoms with Gasteiger partial charge >= 0.3 is 6.03 Å². The molecular weight excluding hydrogens is 398 g/mol. The quantitative estimate of drug-likeness (QED) is 0.651. The van der Waals surface area contributed by atoms with Crippen molar-refractivity contribution in [2.45, 2.75) is 32.7 Å². The number of hydrogen-bond donors (Lipinski definition) is 2. The second-order valence-electron chi connectivity index (χ2n) is 7.42. The third-order valence-corrected chi connectivity index (χ3v) is 5.93. The maximum absolute atomic E-state index is 12.8. The van der Waals surface area contributed by atoms with Gasteiger partial charge < -0.3 is 10.2 Å². The Balaban J connectivity index is 1.41. The molecule has 3 aromatic rings. The topological polar surface area (TPSA) is 87.2 Å². The first-order valence-electron chi connectivity index (χ1n) is 9.85. The van der Waals surface area contributed by atoms with Crippen molar-refractivity contribution in [1.29, 1.82) is 0 Å². The van der Waals surface area contributed by atoms with Gasteiger partial charge in [-0.3, -0.25) is 10.1 Å². The zero-order chi connectivity index (χ0) is 21.1. The number of rotatable bonds is 4.